The number of nitrogens with zero attached hydrogens (tertiary/aromatic N) is 2. The second-order valence-corrected chi connectivity index (χ2v) is 6.00. The van der Waals surface area contributed by atoms with Crippen LogP contribution in [0.4, 0.5) is 0 Å². The molecule has 0 fully saturated rings. The van der Waals surface area contributed by atoms with Crippen molar-refractivity contribution in [2.45, 2.75) is 13.8 Å². The fourth-order valence-corrected chi connectivity index (χ4v) is 2.81. The van der Waals surface area contributed by atoms with Crippen molar-refractivity contribution in [3.8, 4) is 6.07 Å². The molecule has 1 heterocycles. The minimum Gasteiger partial charge on any atom is -0.267 e. The number of aryl methyl sites for hydroxylation is 1. The predicted octanol–water partition coefficient (Wildman–Crippen LogP) is 4.55. The van der Waals surface area contributed by atoms with Crippen LogP contribution in [0.3, 0.4) is 0 Å². The van der Waals surface area contributed by atoms with E-state index in [1.807, 2.05) is 74.5 Å². The van der Waals surface area contributed by atoms with Crippen molar-refractivity contribution in [2.24, 2.45) is 0 Å². The Morgan fingerprint density at radius 2 is 1.58 bits per heavy atom. The van der Waals surface area contributed by atoms with E-state index in [4.69, 9.17) is 0 Å². The van der Waals surface area contributed by atoms with Gasteiger partial charge in [0.1, 0.15) is 0 Å². The highest BCUT2D eigenvalue weighted by atomic mass is 16.2. The van der Waals surface area contributed by atoms with E-state index < -0.39 is 0 Å². The quantitative estimate of drug-likeness (QED) is 0.708. The van der Waals surface area contributed by atoms with Crippen molar-refractivity contribution < 1.29 is 4.79 Å². The minimum atomic E-state index is -0.175. The third-order valence-electron chi connectivity index (χ3n) is 4.22. The lowest BCUT2D eigenvalue weighted by Gasteiger charge is -2.11. The van der Waals surface area contributed by atoms with E-state index in [9.17, 15) is 10.1 Å². The van der Waals surface area contributed by atoms with Gasteiger partial charge in [-0.2, -0.15) is 5.26 Å². The van der Waals surface area contributed by atoms with E-state index in [-0.39, 0.29) is 5.91 Å². The zero-order valence-electron chi connectivity index (χ0n) is 14.7. The molecule has 3 rings (SSSR count). The van der Waals surface area contributed by atoms with Crippen molar-refractivity contribution in [1.82, 2.24) is 4.68 Å². The summed E-state index contributed by atoms with van der Waals surface area (Å²) in [7, 11) is 0. The molecule has 0 saturated carbocycles. The molecule has 0 atom stereocenters. The summed E-state index contributed by atoms with van der Waals surface area (Å²) in [6.07, 6.45) is 1.85. The summed E-state index contributed by atoms with van der Waals surface area (Å²) >= 11 is 0. The number of hydrogen-bond acceptors (Lipinski definition) is 2. The van der Waals surface area contributed by atoms with Crippen LogP contribution in [0.1, 0.15) is 32.9 Å². The Labute approximate surface area is 153 Å². The Hall–Kier alpha value is -3.58. The van der Waals surface area contributed by atoms with E-state index in [2.05, 4.69) is 11.5 Å². The summed E-state index contributed by atoms with van der Waals surface area (Å²) in [5.74, 6) is -0.175. The van der Waals surface area contributed by atoms with E-state index in [0.29, 0.717) is 11.1 Å². The molecule has 3 aromatic rings. The molecular weight excluding hydrogens is 322 g/mol. The number of hydrogen-bond donors (Lipinski definition) is 1. The van der Waals surface area contributed by atoms with Crippen LogP contribution in [0.25, 0.3) is 11.6 Å². The summed E-state index contributed by atoms with van der Waals surface area (Å²) in [4.78, 5) is 12.4. The van der Waals surface area contributed by atoms with Crippen LogP contribution >= 0.6 is 0 Å². The molecule has 0 aliphatic rings. The lowest BCUT2D eigenvalue weighted by atomic mass is 10.0. The molecule has 0 radical (unpaired) electrons. The van der Waals surface area contributed by atoms with Crippen molar-refractivity contribution in [2.75, 3.05) is 5.43 Å². The molecule has 1 amide bonds. The van der Waals surface area contributed by atoms with Gasteiger partial charge >= 0.3 is 0 Å². The number of rotatable bonds is 4. The highest BCUT2D eigenvalue weighted by molar-refractivity contribution is 6.00. The maximum Gasteiger partial charge on any atom is 0.270 e. The van der Waals surface area contributed by atoms with E-state index in [1.54, 1.807) is 16.8 Å². The van der Waals surface area contributed by atoms with Gasteiger partial charge < -0.3 is 0 Å². The second-order valence-electron chi connectivity index (χ2n) is 6.00. The zero-order chi connectivity index (χ0) is 18.5. The molecule has 0 aliphatic carbocycles. The summed E-state index contributed by atoms with van der Waals surface area (Å²) in [5, 5.41) is 9.51. The highest BCUT2D eigenvalue weighted by Crippen LogP contribution is 2.22. The Kier molecular flexibility index (Phi) is 5.00. The van der Waals surface area contributed by atoms with Gasteiger partial charge in [-0.05, 0) is 49.2 Å². The van der Waals surface area contributed by atoms with Gasteiger partial charge in [0.25, 0.3) is 5.91 Å². The van der Waals surface area contributed by atoms with E-state index in [0.717, 1.165) is 22.5 Å². The topological polar surface area (TPSA) is 57.8 Å². The SMILES string of the molecule is Cc1cc(/C=C(\C#N)c2ccccc2)c(C)n1NC(=O)c1ccccc1. The molecule has 1 N–H and O–H groups in total. The third kappa shape index (κ3) is 3.57. The lowest BCUT2D eigenvalue weighted by molar-refractivity contribution is 0.101. The molecule has 0 unspecified atom stereocenters. The van der Waals surface area contributed by atoms with Crippen molar-refractivity contribution in [3.63, 3.8) is 0 Å². The first-order valence-corrected chi connectivity index (χ1v) is 8.32. The number of carbonyl (C=O) groups excluding carboxylic acids is 1. The predicted molar refractivity (Wildman–Crippen MR) is 104 cm³/mol. The molecule has 26 heavy (non-hydrogen) atoms. The average molecular weight is 341 g/mol. The maximum absolute atomic E-state index is 12.4. The fourth-order valence-electron chi connectivity index (χ4n) is 2.81. The number of nitrogens with one attached hydrogen (secondary N) is 1. The lowest BCUT2D eigenvalue weighted by Crippen LogP contribution is -2.24. The van der Waals surface area contributed by atoms with Gasteiger partial charge in [0.15, 0.2) is 0 Å². The first-order chi connectivity index (χ1) is 12.6. The number of carbonyl (C=O) groups is 1. The largest absolute Gasteiger partial charge is 0.270 e. The van der Waals surface area contributed by atoms with Crippen molar-refractivity contribution in [1.29, 1.82) is 5.26 Å². The van der Waals surface area contributed by atoms with Gasteiger partial charge in [-0.1, -0.05) is 48.5 Å². The van der Waals surface area contributed by atoms with E-state index >= 15 is 0 Å². The van der Waals surface area contributed by atoms with Crippen LogP contribution in [-0.2, 0) is 0 Å². The van der Waals surface area contributed by atoms with Gasteiger partial charge in [-0.25, -0.2) is 0 Å². The standard InChI is InChI=1S/C22H19N3O/c1-16-13-20(14-21(15-23)18-9-5-3-6-10-18)17(2)25(16)24-22(26)19-11-7-4-8-12-19/h3-14H,1-2H3,(H,24,26)/b21-14+. The van der Waals surface area contributed by atoms with Crippen LogP contribution in [-0.4, -0.2) is 10.6 Å². The molecule has 0 saturated heterocycles. The number of benzene rings is 2. The summed E-state index contributed by atoms with van der Waals surface area (Å²) < 4.78 is 1.75. The number of aromatic nitrogens is 1. The third-order valence-corrected chi connectivity index (χ3v) is 4.22. The molecule has 4 heteroatoms. The Balaban J connectivity index is 1.92. The molecule has 4 nitrogen and oxygen atoms in total. The number of allylic oxidation sites excluding steroid dienone is 1. The zero-order valence-corrected chi connectivity index (χ0v) is 14.7. The smallest absolute Gasteiger partial charge is 0.267 e. The minimum absolute atomic E-state index is 0.175. The van der Waals surface area contributed by atoms with Gasteiger partial charge in [0.2, 0.25) is 0 Å². The summed E-state index contributed by atoms with van der Waals surface area (Å²) in [5.41, 5.74) is 7.62. The summed E-state index contributed by atoms with van der Waals surface area (Å²) in [6.45, 7) is 3.84. The van der Waals surface area contributed by atoms with Gasteiger partial charge in [0.05, 0.1) is 11.6 Å². The molecule has 128 valence electrons. The average Bonchev–Trinajstić information content (AvgIpc) is 2.94. The molecule has 0 spiro atoms. The Bertz CT molecular complexity index is 993. The van der Waals surface area contributed by atoms with Crippen LogP contribution in [0, 0.1) is 25.2 Å². The molecule has 0 aliphatic heterocycles. The molecular formula is C22H19N3O. The molecule has 0 bridgehead atoms. The highest BCUT2D eigenvalue weighted by Gasteiger charge is 2.12. The van der Waals surface area contributed by atoms with Gasteiger partial charge in [0, 0.05) is 17.0 Å². The van der Waals surface area contributed by atoms with Crippen LogP contribution in [0.5, 0.6) is 0 Å². The normalized spacial score (nSPS) is 11.0. The Morgan fingerprint density at radius 3 is 2.15 bits per heavy atom. The van der Waals surface area contributed by atoms with Crippen molar-refractivity contribution >= 4 is 17.6 Å². The van der Waals surface area contributed by atoms with Gasteiger partial charge in [-0.15, -0.1) is 0 Å². The number of amides is 1. The fraction of sp³-hybridized carbons (Fsp3) is 0.0909. The van der Waals surface area contributed by atoms with Crippen LogP contribution in [0.2, 0.25) is 0 Å². The molecule has 1 aromatic heterocycles. The summed E-state index contributed by atoms with van der Waals surface area (Å²) in [6, 6.07) is 22.8. The van der Waals surface area contributed by atoms with Crippen LogP contribution < -0.4 is 5.43 Å². The number of nitriles is 1. The van der Waals surface area contributed by atoms with Crippen LogP contribution in [0.15, 0.2) is 66.7 Å². The van der Waals surface area contributed by atoms with E-state index in [1.165, 1.54) is 0 Å². The first kappa shape index (κ1) is 17.2. The monoisotopic (exact) mass is 341 g/mol. The second kappa shape index (κ2) is 7.54. The maximum atomic E-state index is 12.4. The first-order valence-electron chi connectivity index (χ1n) is 8.32. The van der Waals surface area contributed by atoms with Gasteiger partial charge in [-0.3, -0.25) is 14.9 Å². The van der Waals surface area contributed by atoms with Crippen molar-refractivity contribution in [3.05, 3.63) is 94.8 Å². The Morgan fingerprint density at radius 1 is 1.00 bits per heavy atom. The molecule has 2 aromatic carbocycles.